The zero-order valence-corrected chi connectivity index (χ0v) is 12.1. The third kappa shape index (κ3) is 3.17. The lowest BCUT2D eigenvalue weighted by Gasteiger charge is -2.24. The maximum atomic E-state index is 13.3. The topological polar surface area (TPSA) is 23.5 Å². The Morgan fingerprint density at radius 2 is 1.90 bits per heavy atom. The molecule has 2 rings (SSSR count). The maximum absolute atomic E-state index is 13.3. The third-order valence-electron chi connectivity index (χ3n) is 3.52. The Morgan fingerprint density at radius 1 is 1.20 bits per heavy atom. The molecule has 1 atom stereocenters. The largest absolute Gasteiger partial charge is 0.389 e. The Hall–Kier alpha value is -1.87. The number of rotatable bonds is 4. The Morgan fingerprint density at radius 3 is 2.55 bits per heavy atom. The van der Waals surface area contributed by atoms with Crippen molar-refractivity contribution >= 4 is 5.69 Å². The molecule has 0 aliphatic heterocycles. The number of benzene rings is 2. The van der Waals surface area contributed by atoms with Crippen LogP contribution in [0.1, 0.15) is 29.7 Å². The van der Waals surface area contributed by atoms with Crippen molar-refractivity contribution in [2.45, 2.75) is 26.5 Å². The van der Waals surface area contributed by atoms with Crippen LogP contribution in [0.5, 0.6) is 0 Å². The first-order chi connectivity index (χ1) is 9.49. The molecule has 3 heteroatoms. The van der Waals surface area contributed by atoms with Gasteiger partial charge in [-0.25, -0.2) is 4.39 Å². The number of aliphatic hydroxyl groups is 1. The normalized spacial score (nSPS) is 12.2. The summed E-state index contributed by atoms with van der Waals surface area (Å²) in [4.78, 5) is 2.03. The van der Waals surface area contributed by atoms with Crippen molar-refractivity contribution in [1.29, 1.82) is 0 Å². The first-order valence-electron chi connectivity index (χ1n) is 6.72. The minimum absolute atomic E-state index is 0.325. The molecular weight excluding hydrogens is 253 g/mol. The zero-order valence-electron chi connectivity index (χ0n) is 12.1. The quantitative estimate of drug-likeness (QED) is 0.915. The van der Waals surface area contributed by atoms with E-state index < -0.39 is 6.10 Å². The van der Waals surface area contributed by atoms with Crippen molar-refractivity contribution in [2.24, 2.45) is 0 Å². The number of anilines is 1. The van der Waals surface area contributed by atoms with Crippen LogP contribution in [0.3, 0.4) is 0 Å². The highest BCUT2D eigenvalue weighted by molar-refractivity contribution is 5.54. The number of aryl methyl sites for hydroxylation is 1. The van der Waals surface area contributed by atoms with Gasteiger partial charge in [0, 0.05) is 24.8 Å². The summed E-state index contributed by atoms with van der Waals surface area (Å²) in [5, 5.41) is 9.81. The smallest absolute Gasteiger partial charge is 0.123 e. The Labute approximate surface area is 119 Å². The molecule has 2 aromatic carbocycles. The molecule has 0 aromatic heterocycles. The lowest BCUT2D eigenvalue weighted by Crippen LogP contribution is -2.19. The van der Waals surface area contributed by atoms with Gasteiger partial charge in [0.25, 0.3) is 0 Å². The Bertz CT molecular complexity index is 595. The molecule has 0 bridgehead atoms. The number of nitrogens with zero attached hydrogens (tertiary/aromatic N) is 1. The molecule has 2 nitrogen and oxygen atoms in total. The van der Waals surface area contributed by atoms with Gasteiger partial charge in [-0.05, 0) is 43.2 Å². The van der Waals surface area contributed by atoms with Crippen LogP contribution in [-0.2, 0) is 6.54 Å². The van der Waals surface area contributed by atoms with E-state index in [2.05, 4.69) is 19.1 Å². The van der Waals surface area contributed by atoms with Crippen LogP contribution in [0, 0.1) is 12.7 Å². The number of hydrogen-bond acceptors (Lipinski definition) is 2. The van der Waals surface area contributed by atoms with E-state index in [1.807, 2.05) is 24.1 Å². The van der Waals surface area contributed by atoms with Gasteiger partial charge in [-0.1, -0.05) is 24.3 Å². The van der Waals surface area contributed by atoms with Crippen LogP contribution < -0.4 is 4.90 Å². The molecule has 106 valence electrons. The van der Waals surface area contributed by atoms with Crippen LogP contribution in [0.15, 0.2) is 42.5 Å². The summed E-state index contributed by atoms with van der Waals surface area (Å²) < 4.78 is 13.3. The van der Waals surface area contributed by atoms with Crippen molar-refractivity contribution in [3.8, 4) is 0 Å². The van der Waals surface area contributed by atoms with E-state index >= 15 is 0 Å². The monoisotopic (exact) mass is 273 g/mol. The van der Waals surface area contributed by atoms with Gasteiger partial charge in [-0.2, -0.15) is 0 Å². The Balaban J connectivity index is 2.30. The average molecular weight is 273 g/mol. The Kier molecular flexibility index (Phi) is 4.40. The fourth-order valence-corrected chi connectivity index (χ4v) is 2.34. The molecule has 0 fully saturated rings. The highest BCUT2D eigenvalue weighted by atomic mass is 19.1. The summed E-state index contributed by atoms with van der Waals surface area (Å²) in [5.74, 6) is -0.325. The minimum atomic E-state index is -0.694. The highest BCUT2D eigenvalue weighted by Gasteiger charge is 2.13. The molecule has 2 aromatic rings. The number of hydrogen-bond donors (Lipinski definition) is 1. The lowest BCUT2D eigenvalue weighted by molar-refractivity contribution is 0.199. The maximum Gasteiger partial charge on any atom is 0.123 e. The van der Waals surface area contributed by atoms with Crippen LogP contribution >= 0.6 is 0 Å². The second kappa shape index (κ2) is 6.06. The van der Waals surface area contributed by atoms with E-state index in [1.165, 1.54) is 23.3 Å². The van der Waals surface area contributed by atoms with Crippen molar-refractivity contribution in [2.75, 3.05) is 11.9 Å². The van der Waals surface area contributed by atoms with E-state index in [0.717, 1.165) is 12.2 Å². The van der Waals surface area contributed by atoms with E-state index in [4.69, 9.17) is 0 Å². The fourth-order valence-electron chi connectivity index (χ4n) is 2.34. The van der Waals surface area contributed by atoms with Crippen LogP contribution in [0.2, 0.25) is 0 Å². The average Bonchev–Trinajstić information content (AvgIpc) is 2.41. The summed E-state index contributed by atoms with van der Waals surface area (Å²) in [7, 11) is 1.95. The molecule has 0 saturated heterocycles. The van der Waals surface area contributed by atoms with Crippen molar-refractivity contribution < 1.29 is 9.50 Å². The second-order valence-electron chi connectivity index (χ2n) is 5.16. The number of aliphatic hydroxyl groups excluding tert-OH is 1. The van der Waals surface area contributed by atoms with Gasteiger partial charge in [0.05, 0.1) is 6.10 Å². The van der Waals surface area contributed by atoms with Crippen LogP contribution in [-0.4, -0.2) is 12.2 Å². The van der Waals surface area contributed by atoms with Gasteiger partial charge in [-0.3, -0.25) is 0 Å². The molecule has 0 radical (unpaired) electrons. The molecular formula is C17H20FNO. The molecule has 0 spiro atoms. The summed E-state index contributed by atoms with van der Waals surface area (Å²) >= 11 is 0. The molecule has 0 heterocycles. The van der Waals surface area contributed by atoms with E-state index in [-0.39, 0.29) is 5.82 Å². The van der Waals surface area contributed by atoms with Gasteiger partial charge in [0.15, 0.2) is 0 Å². The predicted octanol–water partition coefficient (Wildman–Crippen LogP) is 3.82. The van der Waals surface area contributed by atoms with Gasteiger partial charge < -0.3 is 10.0 Å². The zero-order chi connectivity index (χ0) is 14.7. The SMILES string of the molecule is Cc1ccccc1CN(C)c1ccc(F)cc1C(C)O. The minimum Gasteiger partial charge on any atom is -0.389 e. The van der Waals surface area contributed by atoms with Crippen molar-refractivity contribution in [1.82, 2.24) is 0 Å². The van der Waals surface area contributed by atoms with E-state index in [0.29, 0.717) is 5.56 Å². The van der Waals surface area contributed by atoms with Gasteiger partial charge in [0.2, 0.25) is 0 Å². The molecule has 1 N–H and O–H groups in total. The first kappa shape index (κ1) is 14.5. The second-order valence-corrected chi connectivity index (χ2v) is 5.16. The van der Waals surface area contributed by atoms with Crippen molar-refractivity contribution in [3.05, 3.63) is 65.0 Å². The molecule has 20 heavy (non-hydrogen) atoms. The lowest BCUT2D eigenvalue weighted by atomic mass is 10.1. The van der Waals surface area contributed by atoms with E-state index in [1.54, 1.807) is 13.0 Å². The standard InChI is InChI=1S/C17H20FNO/c1-12-6-4-5-7-14(12)11-19(3)17-9-8-15(18)10-16(17)13(2)20/h4-10,13,20H,11H2,1-3H3. The third-order valence-corrected chi connectivity index (χ3v) is 3.52. The molecule has 0 aliphatic rings. The van der Waals surface area contributed by atoms with Crippen LogP contribution in [0.4, 0.5) is 10.1 Å². The molecule has 0 amide bonds. The summed E-state index contributed by atoms with van der Waals surface area (Å²) in [6.07, 6.45) is -0.694. The summed E-state index contributed by atoms with van der Waals surface area (Å²) in [6.45, 7) is 4.45. The molecule has 1 unspecified atom stereocenters. The van der Waals surface area contributed by atoms with Gasteiger partial charge >= 0.3 is 0 Å². The van der Waals surface area contributed by atoms with Gasteiger partial charge in [0.1, 0.15) is 5.82 Å². The van der Waals surface area contributed by atoms with Crippen molar-refractivity contribution in [3.63, 3.8) is 0 Å². The summed E-state index contributed by atoms with van der Waals surface area (Å²) in [5.41, 5.74) is 3.90. The number of halogens is 1. The fraction of sp³-hybridized carbons (Fsp3) is 0.294. The summed E-state index contributed by atoms with van der Waals surface area (Å²) in [6, 6.07) is 12.7. The van der Waals surface area contributed by atoms with Gasteiger partial charge in [-0.15, -0.1) is 0 Å². The molecule has 0 aliphatic carbocycles. The first-order valence-corrected chi connectivity index (χ1v) is 6.72. The highest BCUT2D eigenvalue weighted by Crippen LogP contribution is 2.27. The van der Waals surface area contributed by atoms with Crippen LogP contribution in [0.25, 0.3) is 0 Å². The van der Waals surface area contributed by atoms with E-state index in [9.17, 15) is 9.50 Å². The predicted molar refractivity (Wildman–Crippen MR) is 80.3 cm³/mol. The molecule has 0 saturated carbocycles.